The number of methoxy groups -OCH3 is 2. The van der Waals surface area contributed by atoms with Gasteiger partial charge in [0, 0.05) is 53.2 Å². The van der Waals surface area contributed by atoms with E-state index in [0.29, 0.717) is 83.7 Å². The van der Waals surface area contributed by atoms with Gasteiger partial charge in [-0.2, -0.15) is 10.5 Å². The molecule has 0 saturated carbocycles. The molecule has 2 atom stereocenters. The third-order valence-corrected chi connectivity index (χ3v) is 9.78. The second-order valence-corrected chi connectivity index (χ2v) is 13.4. The second kappa shape index (κ2) is 16.7. The molecule has 0 saturated heterocycles. The highest BCUT2D eigenvalue weighted by atomic mass is 35.5. The Balaban J connectivity index is 0.000000260. The summed E-state index contributed by atoms with van der Waals surface area (Å²) in [6, 6.07) is 23.8. The van der Waals surface area contributed by atoms with E-state index < -0.39 is 22.6 Å². The van der Waals surface area contributed by atoms with Gasteiger partial charge in [0.2, 0.25) is 0 Å². The number of carbonyl (C=O) groups excluding carboxylic acids is 3. The van der Waals surface area contributed by atoms with Gasteiger partial charge in [0.25, 0.3) is 5.91 Å². The van der Waals surface area contributed by atoms with Crippen LogP contribution in [0.2, 0.25) is 5.02 Å². The van der Waals surface area contributed by atoms with Gasteiger partial charge in [0.05, 0.1) is 49.4 Å². The Bertz CT molecular complexity index is 2150. The monoisotopic (exact) mass is 753 g/mol. The predicted octanol–water partition coefficient (Wildman–Crippen LogP) is 7.10. The first-order chi connectivity index (χ1) is 25.9. The van der Waals surface area contributed by atoms with Crippen LogP contribution in [0.5, 0.6) is 23.0 Å². The van der Waals surface area contributed by atoms with Crippen LogP contribution in [0.25, 0.3) is 0 Å². The van der Waals surface area contributed by atoms with E-state index in [4.69, 9.17) is 40.5 Å². The van der Waals surface area contributed by atoms with Crippen molar-refractivity contribution in [1.82, 2.24) is 5.32 Å². The summed E-state index contributed by atoms with van der Waals surface area (Å²) >= 11 is 5.90. The van der Waals surface area contributed by atoms with Crippen molar-refractivity contribution >= 4 is 29.4 Å². The number of nitrogens with zero attached hydrogens (tertiary/aromatic N) is 2. The Labute approximate surface area is 317 Å². The molecule has 0 aromatic heterocycles. The first-order valence-corrected chi connectivity index (χ1v) is 17.3. The van der Waals surface area contributed by atoms with Crippen LogP contribution < -0.4 is 19.5 Å². The van der Waals surface area contributed by atoms with Crippen LogP contribution in [-0.2, 0) is 36.3 Å². The largest absolute Gasteiger partial charge is 0.493 e. The molecule has 0 spiro atoms. The molecule has 2 aliphatic heterocycles. The topological polar surface area (TPSA) is 157 Å². The van der Waals surface area contributed by atoms with Gasteiger partial charge in [-0.25, -0.2) is 4.39 Å². The first kappa shape index (κ1) is 39.1. The van der Waals surface area contributed by atoms with Crippen molar-refractivity contribution in [2.75, 3.05) is 34.0 Å². The number of rotatable bonds is 8. The molecular formula is C41H37ClFN3O8. The highest BCUT2D eigenvalue weighted by molar-refractivity contribution is 6.30. The zero-order chi connectivity index (χ0) is 39.0. The molecule has 4 aromatic carbocycles. The van der Waals surface area contributed by atoms with Gasteiger partial charge in [-0.15, -0.1) is 0 Å². The molecule has 4 aromatic rings. The Hall–Kier alpha value is -6.11. The number of nitriles is 2. The lowest BCUT2D eigenvalue weighted by Crippen LogP contribution is -2.38. The van der Waals surface area contributed by atoms with E-state index in [0.717, 1.165) is 11.6 Å². The SMILES string of the molecule is COC(=O)C1(C)CCOc2cc(F)c(C#N)cc21.COC(=O)C1(C)CCOc2cc(Oc3ccc(C(=O)NCCc4ccc(Cl)cc4)cc3)c(C#N)cc21. The molecule has 11 nitrogen and oxygen atoms in total. The fourth-order valence-electron chi connectivity index (χ4n) is 6.22. The van der Waals surface area contributed by atoms with Crippen molar-refractivity contribution in [3.63, 3.8) is 0 Å². The second-order valence-electron chi connectivity index (χ2n) is 13.0. The maximum Gasteiger partial charge on any atom is 0.316 e. The van der Waals surface area contributed by atoms with Crippen molar-refractivity contribution in [1.29, 1.82) is 10.5 Å². The van der Waals surface area contributed by atoms with Crippen LogP contribution in [-0.4, -0.2) is 51.8 Å². The smallest absolute Gasteiger partial charge is 0.316 e. The number of nitrogens with one attached hydrogen (secondary N) is 1. The minimum Gasteiger partial charge on any atom is -0.493 e. The molecule has 1 N–H and O–H groups in total. The number of halogens is 2. The zero-order valence-corrected chi connectivity index (χ0v) is 30.8. The average molecular weight is 754 g/mol. The maximum absolute atomic E-state index is 13.5. The number of hydrogen-bond donors (Lipinski definition) is 1. The molecule has 2 unspecified atom stereocenters. The minimum atomic E-state index is -0.908. The summed E-state index contributed by atoms with van der Waals surface area (Å²) in [7, 11) is 2.65. The van der Waals surface area contributed by atoms with Gasteiger partial charge in [-0.1, -0.05) is 23.7 Å². The van der Waals surface area contributed by atoms with Gasteiger partial charge in [-0.3, -0.25) is 14.4 Å². The fourth-order valence-corrected chi connectivity index (χ4v) is 6.35. The standard InChI is InChI=1S/C28H25ClN2O5.C13H12FNO3/c1-28(27(33)34-2)12-14-35-25-16-24(20(17-30)15-23(25)28)36-22-9-5-19(6-10-22)26(32)31-13-11-18-3-7-21(29)8-4-18;1-13(12(16)17-2)3-4-18-11-6-10(14)8(7-15)5-9(11)13/h3-10,15-16H,11-14H2,1-2H3,(H,31,32);5-6H,3-4H2,1-2H3. The number of esters is 2. The first-order valence-electron chi connectivity index (χ1n) is 16.9. The molecule has 2 heterocycles. The Morgan fingerprint density at radius 3 is 1.89 bits per heavy atom. The van der Waals surface area contributed by atoms with E-state index in [-0.39, 0.29) is 23.0 Å². The molecule has 2 aliphatic rings. The maximum atomic E-state index is 13.5. The van der Waals surface area contributed by atoms with Crippen LogP contribution in [0.1, 0.15) is 64.9 Å². The summed E-state index contributed by atoms with van der Waals surface area (Å²) in [6.45, 7) is 4.62. The molecule has 0 fully saturated rings. The normalized spacial score (nSPS) is 17.9. The van der Waals surface area contributed by atoms with Gasteiger partial charge in [0.15, 0.2) is 0 Å². The molecule has 54 heavy (non-hydrogen) atoms. The summed E-state index contributed by atoms with van der Waals surface area (Å²) in [5.74, 6) is -0.122. The molecule has 278 valence electrons. The van der Waals surface area contributed by atoms with Crippen LogP contribution in [0.3, 0.4) is 0 Å². The molecule has 0 bridgehead atoms. The van der Waals surface area contributed by atoms with Crippen LogP contribution in [0.15, 0.2) is 72.8 Å². The number of benzene rings is 4. The number of fused-ring (bicyclic) bond motifs is 2. The van der Waals surface area contributed by atoms with Crippen molar-refractivity contribution in [3.8, 4) is 35.1 Å². The van der Waals surface area contributed by atoms with Gasteiger partial charge in [0.1, 0.15) is 41.0 Å². The minimum absolute atomic E-state index is 0.102. The molecule has 0 radical (unpaired) electrons. The molecule has 13 heteroatoms. The Morgan fingerprint density at radius 1 is 0.815 bits per heavy atom. The lowest BCUT2D eigenvalue weighted by atomic mass is 9.77. The van der Waals surface area contributed by atoms with E-state index in [1.807, 2.05) is 24.3 Å². The third-order valence-electron chi connectivity index (χ3n) is 9.53. The van der Waals surface area contributed by atoms with Gasteiger partial charge in [-0.05, 0) is 74.4 Å². The molecule has 1 amide bonds. The summed E-state index contributed by atoms with van der Waals surface area (Å²) in [6.07, 6.45) is 1.57. The number of amides is 1. The van der Waals surface area contributed by atoms with E-state index in [1.54, 1.807) is 56.3 Å². The predicted molar refractivity (Wildman–Crippen MR) is 195 cm³/mol. The van der Waals surface area contributed by atoms with Crippen LogP contribution >= 0.6 is 11.6 Å². The van der Waals surface area contributed by atoms with E-state index in [9.17, 15) is 24.0 Å². The molecular weight excluding hydrogens is 717 g/mol. The number of ether oxygens (including phenoxy) is 5. The van der Waals surface area contributed by atoms with Gasteiger partial charge >= 0.3 is 11.9 Å². The fraction of sp³-hybridized carbons (Fsp3) is 0.293. The average Bonchev–Trinajstić information content (AvgIpc) is 3.18. The van der Waals surface area contributed by atoms with E-state index in [2.05, 4.69) is 11.4 Å². The Morgan fingerprint density at radius 2 is 1.35 bits per heavy atom. The van der Waals surface area contributed by atoms with E-state index in [1.165, 1.54) is 20.3 Å². The van der Waals surface area contributed by atoms with Crippen molar-refractivity contribution < 1.29 is 42.5 Å². The highest BCUT2D eigenvalue weighted by Crippen LogP contribution is 2.44. The van der Waals surface area contributed by atoms with Crippen molar-refractivity contribution in [3.05, 3.63) is 117 Å². The number of hydrogen-bond acceptors (Lipinski definition) is 10. The summed E-state index contributed by atoms with van der Waals surface area (Å²) in [5, 5.41) is 22.1. The van der Waals surface area contributed by atoms with Gasteiger partial charge < -0.3 is 29.0 Å². The molecule has 0 aliphatic carbocycles. The zero-order valence-electron chi connectivity index (χ0n) is 30.1. The Kier molecular flexibility index (Phi) is 12.1. The lowest BCUT2D eigenvalue weighted by molar-refractivity contribution is -0.148. The highest BCUT2D eigenvalue weighted by Gasteiger charge is 2.43. The number of carbonyl (C=O) groups is 3. The molecule has 6 rings (SSSR count). The lowest BCUT2D eigenvalue weighted by Gasteiger charge is -2.33. The van der Waals surface area contributed by atoms with E-state index >= 15 is 0 Å². The van der Waals surface area contributed by atoms with Crippen LogP contribution in [0, 0.1) is 28.5 Å². The van der Waals surface area contributed by atoms with Crippen LogP contribution in [0.4, 0.5) is 4.39 Å². The summed E-state index contributed by atoms with van der Waals surface area (Å²) in [5.41, 5.74) is 1.01. The van der Waals surface area contributed by atoms with Crippen molar-refractivity contribution in [2.24, 2.45) is 0 Å². The van der Waals surface area contributed by atoms with Crippen molar-refractivity contribution in [2.45, 2.75) is 43.9 Å². The quantitative estimate of drug-likeness (QED) is 0.184. The summed E-state index contributed by atoms with van der Waals surface area (Å²) in [4.78, 5) is 36.8. The summed E-state index contributed by atoms with van der Waals surface area (Å²) < 4.78 is 40.3. The third kappa shape index (κ3) is 8.25.